The minimum atomic E-state index is -0.348. The number of rotatable bonds is 2. The first-order valence-electron chi connectivity index (χ1n) is 6.88. The van der Waals surface area contributed by atoms with E-state index in [1.54, 1.807) is 0 Å². The molecule has 0 radical (unpaired) electrons. The maximum absolute atomic E-state index is 11.9. The molecule has 1 N–H and O–H groups in total. The Kier molecular flexibility index (Phi) is 3.76. The molecule has 1 saturated carbocycles. The molecule has 0 aromatic carbocycles. The summed E-state index contributed by atoms with van der Waals surface area (Å²) in [5.41, 5.74) is -0.348. The van der Waals surface area contributed by atoms with Crippen LogP contribution >= 0.6 is 0 Å². The van der Waals surface area contributed by atoms with Crippen molar-refractivity contribution >= 4 is 5.97 Å². The molecular formula is C14H25NO2. The number of hydrogen-bond donors (Lipinski definition) is 1. The van der Waals surface area contributed by atoms with Gasteiger partial charge in [-0.2, -0.15) is 0 Å². The summed E-state index contributed by atoms with van der Waals surface area (Å²) in [7, 11) is 0. The van der Waals surface area contributed by atoms with Gasteiger partial charge < -0.3 is 10.1 Å². The predicted octanol–water partition coefficient (Wildman–Crippen LogP) is 2.35. The van der Waals surface area contributed by atoms with Gasteiger partial charge in [0.25, 0.3) is 0 Å². The van der Waals surface area contributed by atoms with Crippen LogP contribution in [0.2, 0.25) is 0 Å². The highest BCUT2D eigenvalue weighted by Crippen LogP contribution is 2.39. The number of fused-ring (bicyclic) bond motifs is 2. The zero-order valence-electron chi connectivity index (χ0n) is 11.3. The summed E-state index contributed by atoms with van der Waals surface area (Å²) in [5, 5.41) is 3.49. The van der Waals surface area contributed by atoms with Crippen molar-refractivity contribution in [1.29, 1.82) is 0 Å². The highest BCUT2D eigenvalue weighted by molar-refractivity contribution is 5.70. The monoisotopic (exact) mass is 239 g/mol. The van der Waals surface area contributed by atoms with Crippen LogP contribution in [0.5, 0.6) is 0 Å². The quantitative estimate of drug-likeness (QED) is 0.752. The van der Waals surface area contributed by atoms with Gasteiger partial charge in [0.1, 0.15) is 5.60 Å². The van der Waals surface area contributed by atoms with Crippen molar-refractivity contribution in [2.75, 3.05) is 13.1 Å². The van der Waals surface area contributed by atoms with E-state index < -0.39 is 0 Å². The van der Waals surface area contributed by atoms with Crippen molar-refractivity contribution in [1.82, 2.24) is 5.32 Å². The second kappa shape index (κ2) is 4.97. The van der Waals surface area contributed by atoms with Crippen molar-refractivity contribution in [3.63, 3.8) is 0 Å². The molecule has 17 heavy (non-hydrogen) atoms. The van der Waals surface area contributed by atoms with Gasteiger partial charge in [0.05, 0.1) is 0 Å². The zero-order valence-corrected chi connectivity index (χ0v) is 11.3. The molecule has 0 aromatic heterocycles. The molecule has 2 aliphatic rings. The van der Waals surface area contributed by atoms with Gasteiger partial charge in [0.2, 0.25) is 0 Å². The van der Waals surface area contributed by atoms with Gasteiger partial charge in [-0.05, 0) is 64.5 Å². The molecule has 98 valence electrons. The highest BCUT2D eigenvalue weighted by atomic mass is 16.6. The van der Waals surface area contributed by atoms with Crippen molar-refractivity contribution in [2.45, 2.75) is 52.1 Å². The topological polar surface area (TPSA) is 38.3 Å². The molecule has 2 atom stereocenters. The Labute approximate surface area is 104 Å². The van der Waals surface area contributed by atoms with Crippen LogP contribution in [0, 0.1) is 17.8 Å². The fourth-order valence-electron chi connectivity index (χ4n) is 3.33. The maximum atomic E-state index is 11.9. The minimum absolute atomic E-state index is 0.0127. The smallest absolute Gasteiger partial charge is 0.306 e. The first-order valence-corrected chi connectivity index (χ1v) is 6.88. The molecule has 2 unspecified atom stereocenters. The lowest BCUT2D eigenvalue weighted by Gasteiger charge is -2.42. The van der Waals surface area contributed by atoms with Crippen LogP contribution < -0.4 is 5.32 Å². The van der Waals surface area contributed by atoms with Crippen LogP contribution in [0.15, 0.2) is 0 Å². The van der Waals surface area contributed by atoms with Crippen molar-refractivity contribution in [3.8, 4) is 0 Å². The normalized spacial score (nSPS) is 33.2. The Balaban J connectivity index is 1.91. The van der Waals surface area contributed by atoms with Gasteiger partial charge in [-0.3, -0.25) is 4.79 Å². The summed E-state index contributed by atoms with van der Waals surface area (Å²) < 4.78 is 5.45. The second-order valence-electron chi connectivity index (χ2n) is 6.56. The standard InChI is InChI=1S/C14H25NO2/c1-14(2,3)17-13(16)7-12-10-5-4-6-11(12)9-15-8-10/h10-12,15H,4-9H2,1-3H3. The van der Waals surface area contributed by atoms with Crippen LogP contribution in [0.1, 0.15) is 46.5 Å². The summed E-state index contributed by atoms with van der Waals surface area (Å²) in [5.74, 6) is 1.92. The average molecular weight is 239 g/mol. The van der Waals surface area contributed by atoms with Crippen LogP contribution in [0.4, 0.5) is 0 Å². The van der Waals surface area contributed by atoms with E-state index in [0.717, 1.165) is 13.1 Å². The lowest BCUT2D eigenvalue weighted by molar-refractivity contribution is -0.157. The Morgan fingerprint density at radius 3 is 2.35 bits per heavy atom. The number of nitrogens with one attached hydrogen (secondary N) is 1. The molecule has 1 aliphatic heterocycles. The van der Waals surface area contributed by atoms with Gasteiger partial charge in [-0.1, -0.05) is 6.42 Å². The first kappa shape index (κ1) is 12.9. The van der Waals surface area contributed by atoms with Crippen molar-refractivity contribution in [2.24, 2.45) is 17.8 Å². The summed E-state index contributed by atoms with van der Waals surface area (Å²) in [4.78, 5) is 11.9. The molecule has 1 heterocycles. The summed E-state index contributed by atoms with van der Waals surface area (Å²) in [6.45, 7) is 7.99. The van der Waals surface area contributed by atoms with E-state index in [1.807, 2.05) is 20.8 Å². The number of esters is 1. The van der Waals surface area contributed by atoms with Crippen LogP contribution in [0.25, 0.3) is 0 Å². The fraction of sp³-hybridized carbons (Fsp3) is 0.929. The van der Waals surface area contributed by atoms with E-state index in [1.165, 1.54) is 19.3 Å². The van der Waals surface area contributed by atoms with Gasteiger partial charge in [0.15, 0.2) is 0 Å². The lowest BCUT2D eigenvalue weighted by atomic mass is 9.68. The molecule has 3 nitrogen and oxygen atoms in total. The SMILES string of the molecule is CC(C)(C)OC(=O)CC1C2CCCC1CNC2. The number of piperidine rings is 1. The zero-order chi connectivity index (χ0) is 12.5. The molecule has 0 spiro atoms. The Hall–Kier alpha value is -0.570. The van der Waals surface area contributed by atoms with Gasteiger partial charge in [-0.15, -0.1) is 0 Å². The fourth-order valence-corrected chi connectivity index (χ4v) is 3.33. The largest absolute Gasteiger partial charge is 0.460 e. The number of carbonyl (C=O) groups is 1. The van der Waals surface area contributed by atoms with Crippen molar-refractivity contribution < 1.29 is 9.53 Å². The van der Waals surface area contributed by atoms with Crippen LogP contribution in [0.3, 0.4) is 0 Å². The number of carbonyl (C=O) groups excluding carboxylic acids is 1. The van der Waals surface area contributed by atoms with E-state index in [4.69, 9.17) is 4.74 Å². The summed E-state index contributed by atoms with van der Waals surface area (Å²) in [6.07, 6.45) is 4.50. The summed E-state index contributed by atoms with van der Waals surface area (Å²) >= 11 is 0. The number of hydrogen-bond acceptors (Lipinski definition) is 3. The maximum Gasteiger partial charge on any atom is 0.306 e. The van der Waals surface area contributed by atoms with Gasteiger partial charge in [-0.25, -0.2) is 0 Å². The average Bonchev–Trinajstić information content (AvgIpc) is 2.13. The minimum Gasteiger partial charge on any atom is -0.460 e. The predicted molar refractivity (Wildman–Crippen MR) is 67.7 cm³/mol. The second-order valence-corrected chi connectivity index (χ2v) is 6.56. The van der Waals surface area contributed by atoms with Crippen molar-refractivity contribution in [3.05, 3.63) is 0 Å². The number of ether oxygens (including phenoxy) is 1. The third-order valence-electron chi connectivity index (χ3n) is 4.00. The van der Waals surface area contributed by atoms with E-state index >= 15 is 0 Å². The van der Waals surface area contributed by atoms with E-state index in [0.29, 0.717) is 24.2 Å². The molecule has 2 fully saturated rings. The third-order valence-corrected chi connectivity index (χ3v) is 4.00. The molecule has 1 aliphatic carbocycles. The lowest BCUT2D eigenvalue weighted by Crippen LogP contribution is -2.47. The molecule has 2 bridgehead atoms. The molecular weight excluding hydrogens is 214 g/mol. The summed E-state index contributed by atoms with van der Waals surface area (Å²) in [6, 6.07) is 0. The van der Waals surface area contributed by atoms with Crippen LogP contribution in [-0.4, -0.2) is 24.7 Å². The first-order chi connectivity index (χ1) is 7.96. The Bertz CT molecular complexity index is 260. The molecule has 0 aromatic rings. The van der Waals surface area contributed by atoms with Crippen LogP contribution in [-0.2, 0) is 9.53 Å². The third kappa shape index (κ3) is 3.44. The highest BCUT2D eigenvalue weighted by Gasteiger charge is 2.38. The van der Waals surface area contributed by atoms with E-state index in [9.17, 15) is 4.79 Å². The molecule has 0 amide bonds. The Morgan fingerprint density at radius 1 is 1.24 bits per heavy atom. The molecule has 1 saturated heterocycles. The molecule has 2 rings (SSSR count). The molecule has 3 heteroatoms. The van der Waals surface area contributed by atoms with Gasteiger partial charge in [0, 0.05) is 6.42 Å². The van der Waals surface area contributed by atoms with E-state index in [-0.39, 0.29) is 11.6 Å². The van der Waals surface area contributed by atoms with E-state index in [2.05, 4.69) is 5.32 Å². The van der Waals surface area contributed by atoms with Gasteiger partial charge >= 0.3 is 5.97 Å². The Morgan fingerprint density at radius 2 is 1.82 bits per heavy atom.